The number of carbonyl (C=O) groups is 1. The highest BCUT2D eigenvalue weighted by molar-refractivity contribution is 9.10. The Kier molecular flexibility index (Phi) is 6.16. The molecule has 0 spiro atoms. The number of carbonyl (C=O) groups excluding carboxylic acids is 1. The van der Waals surface area contributed by atoms with E-state index in [0.29, 0.717) is 0 Å². The topological polar surface area (TPSA) is 66.5 Å². The molecule has 0 bridgehead atoms. The van der Waals surface area contributed by atoms with Crippen LogP contribution in [0.3, 0.4) is 0 Å². The highest BCUT2D eigenvalue weighted by atomic mass is 79.9. The first-order chi connectivity index (χ1) is 9.27. The van der Waals surface area contributed by atoms with Crippen LogP contribution in [-0.4, -0.2) is 38.3 Å². The monoisotopic (exact) mass is 362 g/mol. The smallest absolute Gasteiger partial charge is 0.243 e. The van der Waals surface area contributed by atoms with Gasteiger partial charge in [-0.05, 0) is 37.6 Å². The SMILES string of the molecule is CCC(C)NC(=O)CN(C)S(=O)(=O)c1ccc(Br)cc1. The van der Waals surface area contributed by atoms with Gasteiger partial charge in [-0.2, -0.15) is 4.31 Å². The fourth-order valence-corrected chi connectivity index (χ4v) is 2.89. The predicted molar refractivity (Wildman–Crippen MR) is 81.9 cm³/mol. The van der Waals surface area contributed by atoms with E-state index >= 15 is 0 Å². The summed E-state index contributed by atoms with van der Waals surface area (Å²) in [6.45, 7) is 3.64. The Labute approximate surface area is 128 Å². The third-order valence-electron chi connectivity index (χ3n) is 2.91. The third-order valence-corrected chi connectivity index (χ3v) is 5.25. The number of nitrogens with zero attached hydrogens (tertiary/aromatic N) is 1. The highest BCUT2D eigenvalue weighted by Crippen LogP contribution is 2.17. The minimum absolute atomic E-state index is 0.0336. The maximum Gasteiger partial charge on any atom is 0.243 e. The lowest BCUT2D eigenvalue weighted by atomic mass is 10.2. The van der Waals surface area contributed by atoms with E-state index in [0.717, 1.165) is 15.2 Å². The first kappa shape index (κ1) is 17.1. The second kappa shape index (κ2) is 7.19. The molecule has 0 aromatic heterocycles. The molecule has 20 heavy (non-hydrogen) atoms. The molecule has 1 unspecified atom stereocenters. The van der Waals surface area contributed by atoms with Gasteiger partial charge in [-0.15, -0.1) is 0 Å². The standard InChI is InChI=1S/C13H19BrN2O3S/c1-4-10(2)15-13(17)9-16(3)20(18,19)12-7-5-11(14)6-8-12/h5-8,10H,4,9H2,1-3H3,(H,15,17). The average Bonchev–Trinajstić information content (AvgIpc) is 2.38. The Bertz CT molecular complexity index is 557. The molecule has 0 saturated heterocycles. The number of sulfonamides is 1. The molecule has 0 radical (unpaired) electrons. The van der Waals surface area contributed by atoms with Crippen molar-refractivity contribution in [2.24, 2.45) is 0 Å². The fraction of sp³-hybridized carbons (Fsp3) is 0.462. The lowest BCUT2D eigenvalue weighted by Gasteiger charge is -2.18. The molecule has 7 heteroatoms. The van der Waals surface area contributed by atoms with Crippen LogP contribution in [0.1, 0.15) is 20.3 Å². The van der Waals surface area contributed by atoms with Gasteiger partial charge in [0.15, 0.2) is 0 Å². The number of likely N-dealkylation sites (N-methyl/N-ethyl adjacent to an activating group) is 1. The van der Waals surface area contributed by atoms with Gasteiger partial charge in [-0.3, -0.25) is 4.79 Å². The first-order valence-corrected chi connectivity index (χ1v) is 8.52. The van der Waals surface area contributed by atoms with Crippen molar-refractivity contribution < 1.29 is 13.2 Å². The van der Waals surface area contributed by atoms with Gasteiger partial charge in [0.25, 0.3) is 0 Å². The Hall–Kier alpha value is -0.920. The molecule has 0 saturated carbocycles. The Morgan fingerprint density at radius 3 is 2.40 bits per heavy atom. The number of rotatable bonds is 6. The molecule has 1 amide bonds. The average molecular weight is 363 g/mol. The van der Waals surface area contributed by atoms with Crippen molar-refractivity contribution in [3.05, 3.63) is 28.7 Å². The van der Waals surface area contributed by atoms with E-state index in [1.165, 1.54) is 19.2 Å². The molecule has 0 heterocycles. The summed E-state index contributed by atoms with van der Waals surface area (Å²) < 4.78 is 26.4. The van der Waals surface area contributed by atoms with Gasteiger partial charge in [0.1, 0.15) is 0 Å². The van der Waals surface area contributed by atoms with Crippen molar-refractivity contribution in [1.82, 2.24) is 9.62 Å². The Balaban J connectivity index is 2.77. The van der Waals surface area contributed by atoms with E-state index in [1.54, 1.807) is 12.1 Å². The Morgan fingerprint density at radius 2 is 1.90 bits per heavy atom. The van der Waals surface area contributed by atoms with Crippen LogP contribution in [0.4, 0.5) is 0 Å². The van der Waals surface area contributed by atoms with Crippen molar-refractivity contribution >= 4 is 31.9 Å². The van der Waals surface area contributed by atoms with Crippen LogP contribution in [-0.2, 0) is 14.8 Å². The largest absolute Gasteiger partial charge is 0.353 e. The van der Waals surface area contributed by atoms with E-state index in [4.69, 9.17) is 0 Å². The van der Waals surface area contributed by atoms with Crippen molar-refractivity contribution in [3.63, 3.8) is 0 Å². The summed E-state index contributed by atoms with van der Waals surface area (Å²) in [5, 5.41) is 2.74. The van der Waals surface area contributed by atoms with Gasteiger partial charge in [0.2, 0.25) is 15.9 Å². The molecule has 1 N–H and O–H groups in total. The van der Waals surface area contributed by atoms with Crippen LogP contribution >= 0.6 is 15.9 Å². The van der Waals surface area contributed by atoms with Crippen LogP contribution in [0.25, 0.3) is 0 Å². The number of hydrogen-bond donors (Lipinski definition) is 1. The number of nitrogens with one attached hydrogen (secondary N) is 1. The zero-order chi connectivity index (χ0) is 15.3. The molecule has 0 aliphatic carbocycles. The van der Waals surface area contributed by atoms with E-state index in [1.807, 2.05) is 13.8 Å². The van der Waals surface area contributed by atoms with Crippen molar-refractivity contribution in [2.45, 2.75) is 31.2 Å². The van der Waals surface area contributed by atoms with Gasteiger partial charge in [-0.25, -0.2) is 8.42 Å². The van der Waals surface area contributed by atoms with Crippen molar-refractivity contribution in [2.75, 3.05) is 13.6 Å². The molecule has 0 aliphatic rings. The first-order valence-electron chi connectivity index (χ1n) is 6.28. The molecule has 0 fully saturated rings. The predicted octanol–water partition coefficient (Wildman–Crippen LogP) is 1.98. The molecule has 112 valence electrons. The molecular weight excluding hydrogens is 344 g/mol. The molecule has 5 nitrogen and oxygen atoms in total. The summed E-state index contributed by atoms with van der Waals surface area (Å²) in [6, 6.07) is 6.34. The van der Waals surface area contributed by atoms with Gasteiger partial charge in [-0.1, -0.05) is 22.9 Å². The third kappa shape index (κ3) is 4.57. The molecule has 1 rings (SSSR count). The number of benzene rings is 1. The quantitative estimate of drug-likeness (QED) is 0.841. The van der Waals surface area contributed by atoms with E-state index in [9.17, 15) is 13.2 Å². The molecular formula is C13H19BrN2O3S. The molecule has 1 aromatic rings. The van der Waals surface area contributed by atoms with Gasteiger partial charge < -0.3 is 5.32 Å². The van der Waals surface area contributed by atoms with Gasteiger partial charge in [0.05, 0.1) is 11.4 Å². The summed E-state index contributed by atoms with van der Waals surface area (Å²) in [6.07, 6.45) is 0.801. The van der Waals surface area contributed by atoms with E-state index in [-0.39, 0.29) is 23.4 Å². The minimum atomic E-state index is -3.64. The van der Waals surface area contributed by atoms with Gasteiger partial charge in [0, 0.05) is 17.6 Å². The zero-order valence-electron chi connectivity index (χ0n) is 11.8. The molecule has 1 atom stereocenters. The van der Waals surface area contributed by atoms with E-state index < -0.39 is 10.0 Å². The second-order valence-corrected chi connectivity index (χ2v) is 7.55. The van der Waals surface area contributed by atoms with E-state index in [2.05, 4.69) is 21.2 Å². The summed E-state index contributed by atoms with van der Waals surface area (Å²) >= 11 is 3.25. The molecule has 0 aliphatic heterocycles. The summed E-state index contributed by atoms with van der Waals surface area (Å²) in [5.41, 5.74) is 0. The van der Waals surface area contributed by atoms with Gasteiger partial charge >= 0.3 is 0 Å². The minimum Gasteiger partial charge on any atom is -0.353 e. The van der Waals surface area contributed by atoms with Crippen molar-refractivity contribution in [1.29, 1.82) is 0 Å². The summed E-state index contributed by atoms with van der Waals surface area (Å²) in [4.78, 5) is 11.9. The molecule has 1 aromatic carbocycles. The number of amides is 1. The maximum atomic E-state index is 12.3. The van der Waals surface area contributed by atoms with Crippen LogP contribution in [0, 0.1) is 0 Å². The van der Waals surface area contributed by atoms with Crippen LogP contribution in [0.5, 0.6) is 0 Å². The lowest BCUT2D eigenvalue weighted by molar-refractivity contribution is -0.121. The summed E-state index contributed by atoms with van der Waals surface area (Å²) in [5.74, 6) is -0.303. The van der Waals surface area contributed by atoms with Crippen LogP contribution < -0.4 is 5.32 Å². The zero-order valence-corrected chi connectivity index (χ0v) is 14.2. The lowest BCUT2D eigenvalue weighted by Crippen LogP contribution is -2.41. The maximum absolute atomic E-state index is 12.3. The normalized spacial score (nSPS) is 13.2. The fourth-order valence-electron chi connectivity index (χ4n) is 1.50. The number of hydrogen-bond acceptors (Lipinski definition) is 3. The summed E-state index contributed by atoms with van der Waals surface area (Å²) in [7, 11) is -2.25. The Morgan fingerprint density at radius 1 is 1.35 bits per heavy atom. The highest BCUT2D eigenvalue weighted by Gasteiger charge is 2.23. The van der Waals surface area contributed by atoms with Crippen LogP contribution in [0.15, 0.2) is 33.6 Å². The second-order valence-electron chi connectivity index (χ2n) is 4.59. The van der Waals surface area contributed by atoms with Crippen molar-refractivity contribution in [3.8, 4) is 0 Å². The number of halogens is 1. The van der Waals surface area contributed by atoms with Crippen LogP contribution in [0.2, 0.25) is 0 Å².